The quantitative estimate of drug-likeness (QED) is 0.216. The number of hydrogen-bond donors (Lipinski definition) is 2. The standard InChI is InChI=1S/C40H56O4/c1-27(17-13-19-29(3)33-21-35-37(5,6)23-31(41)25-39(35,9)43-33)15-11-12-16-28(2)18-14-20-30(4)34-22-36-38(7,8)24-32(42)26-40(36,10)44-34/h11-22,31-34,41-42H,23-26H2,1-10H3/b12-11+,17-13+,18-14+,27-15+,28-16+,29-19+,30-20+/t31?,32?,33-,34+,39?,40?. The second kappa shape index (κ2) is 13.1. The fraction of sp³-hybridized carbons (Fsp3) is 0.550. The van der Waals surface area contributed by atoms with Gasteiger partial charge in [0.2, 0.25) is 0 Å². The van der Waals surface area contributed by atoms with Crippen LogP contribution in [0.25, 0.3) is 0 Å². The highest BCUT2D eigenvalue weighted by atomic mass is 16.5. The van der Waals surface area contributed by atoms with E-state index in [0.717, 1.165) is 24.0 Å². The smallest absolute Gasteiger partial charge is 0.0982 e. The summed E-state index contributed by atoms with van der Waals surface area (Å²) in [6, 6.07) is 0. The third kappa shape index (κ3) is 7.83. The predicted octanol–water partition coefficient (Wildman–Crippen LogP) is 8.97. The maximum Gasteiger partial charge on any atom is 0.0982 e. The molecule has 44 heavy (non-hydrogen) atoms. The summed E-state index contributed by atoms with van der Waals surface area (Å²) in [7, 11) is 0. The zero-order valence-corrected chi connectivity index (χ0v) is 28.8. The molecule has 2 fully saturated rings. The molecule has 4 nitrogen and oxygen atoms in total. The molecule has 2 N–H and O–H groups in total. The first kappa shape index (κ1) is 34.4. The van der Waals surface area contributed by atoms with Crippen molar-refractivity contribution in [1.29, 1.82) is 0 Å². The molecule has 0 amide bonds. The molecule has 0 aromatic carbocycles. The number of allylic oxidation sites excluding steroid dienone is 12. The molecule has 0 bridgehead atoms. The van der Waals surface area contributed by atoms with Crippen molar-refractivity contribution in [1.82, 2.24) is 0 Å². The third-order valence-corrected chi connectivity index (χ3v) is 9.91. The Balaban J connectivity index is 1.29. The molecule has 4 heteroatoms. The zero-order chi connectivity index (χ0) is 32.5. The van der Waals surface area contributed by atoms with Gasteiger partial charge in [-0.15, -0.1) is 0 Å². The van der Waals surface area contributed by atoms with Crippen LogP contribution in [0.15, 0.2) is 106 Å². The van der Waals surface area contributed by atoms with Gasteiger partial charge in [-0.3, -0.25) is 0 Å². The van der Waals surface area contributed by atoms with Crippen LogP contribution in [0.2, 0.25) is 0 Å². The molecule has 240 valence electrons. The van der Waals surface area contributed by atoms with Crippen LogP contribution in [0.4, 0.5) is 0 Å². The maximum absolute atomic E-state index is 10.4. The van der Waals surface area contributed by atoms with Crippen LogP contribution in [-0.2, 0) is 9.47 Å². The molecular weight excluding hydrogens is 544 g/mol. The summed E-state index contributed by atoms with van der Waals surface area (Å²) in [4.78, 5) is 0. The fourth-order valence-electron chi connectivity index (χ4n) is 7.92. The lowest BCUT2D eigenvalue weighted by Gasteiger charge is -2.44. The molecule has 2 aliphatic heterocycles. The summed E-state index contributed by atoms with van der Waals surface area (Å²) >= 11 is 0. The predicted molar refractivity (Wildman–Crippen MR) is 183 cm³/mol. The molecule has 4 aliphatic rings. The van der Waals surface area contributed by atoms with Gasteiger partial charge in [-0.1, -0.05) is 99.6 Å². The minimum Gasteiger partial charge on any atom is -0.393 e. The lowest BCUT2D eigenvalue weighted by Crippen LogP contribution is -2.45. The molecule has 2 aliphatic carbocycles. The Kier molecular flexibility index (Phi) is 10.2. The Bertz CT molecular complexity index is 1270. The van der Waals surface area contributed by atoms with Crippen molar-refractivity contribution < 1.29 is 19.7 Å². The van der Waals surface area contributed by atoms with Crippen LogP contribution >= 0.6 is 0 Å². The number of hydrogen-bond acceptors (Lipinski definition) is 4. The van der Waals surface area contributed by atoms with Gasteiger partial charge >= 0.3 is 0 Å². The maximum atomic E-state index is 10.4. The number of fused-ring (bicyclic) bond motifs is 2. The average Bonchev–Trinajstić information content (AvgIpc) is 3.43. The Labute approximate surface area is 267 Å². The highest BCUT2D eigenvalue weighted by Gasteiger charge is 2.51. The topological polar surface area (TPSA) is 58.9 Å². The molecular formula is C40H56O4. The van der Waals surface area contributed by atoms with Gasteiger partial charge in [0.1, 0.15) is 0 Å². The summed E-state index contributed by atoms with van der Waals surface area (Å²) in [6.07, 6.45) is 27.7. The Morgan fingerprint density at radius 2 is 0.955 bits per heavy atom. The summed E-state index contributed by atoms with van der Waals surface area (Å²) in [6.45, 7) is 21.5. The van der Waals surface area contributed by atoms with E-state index in [0.29, 0.717) is 12.8 Å². The van der Waals surface area contributed by atoms with E-state index in [1.807, 2.05) is 0 Å². The molecule has 0 aromatic heterocycles. The van der Waals surface area contributed by atoms with E-state index in [4.69, 9.17) is 9.47 Å². The molecule has 2 heterocycles. The van der Waals surface area contributed by atoms with Gasteiger partial charge < -0.3 is 19.7 Å². The second-order valence-corrected chi connectivity index (χ2v) is 15.3. The monoisotopic (exact) mass is 600 g/mol. The fourth-order valence-corrected chi connectivity index (χ4v) is 7.92. The van der Waals surface area contributed by atoms with E-state index >= 15 is 0 Å². The molecule has 4 rings (SSSR count). The molecule has 0 saturated heterocycles. The summed E-state index contributed by atoms with van der Waals surface area (Å²) in [5, 5.41) is 20.8. The number of rotatable bonds is 8. The Morgan fingerprint density at radius 3 is 1.32 bits per heavy atom. The van der Waals surface area contributed by atoms with E-state index in [-0.39, 0.29) is 46.4 Å². The van der Waals surface area contributed by atoms with Crippen LogP contribution in [0.3, 0.4) is 0 Å². The van der Waals surface area contributed by atoms with E-state index < -0.39 is 0 Å². The van der Waals surface area contributed by atoms with E-state index in [9.17, 15) is 10.2 Å². The molecule has 0 spiro atoms. The molecule has 2 saturated carbocycles. The normalized spacial score (nSPS) is 36.3. The zero-order valence-electron chi connectivity index (χ0n) is 28.8. The summed E-state index contributed by atoms with van der Waals surface area (Å²) in [5.74, 6) is 0. The molecule has 4 unspecified atom stereocenters. The van der Waals surface area contributed by atoms with Crippen molar-refractivity contribution in [2.24, 2.45) is 10.8 Å². The number of ether oxygens (including phenoxy) is 2. The molecule has 0 aromatic rings. The van der Waals surface area contributed by atoms with Crippen molar-refractivity contribution in [3.8, 4) is 0 Å². The first-order valence-electron chi connectivity index (χ1n) is 16.3. The van der Waals surface area contributed by atoms with Gasteiger partial charge in [0.25, 0.3) is 0 Å². The average molecular weight is 601 g/mol. The molecule has 0 radical (unpaired) electrons. The van der Waals surface area contributed by atoms with E-state index in [2.05, 4.69) is 142 Å². The van der Waals surface area contributed by atoms with Crippen LogP contribution < -0.4 is 0 Å². The van der Waals surface area contributed by atoms with Gasteiger partial charge in [-0.25, -0.2) is 0 Å². The van der Waals surface area contributed by atoms with Crippen LogP contribution in [-0.4, -0.2) is 45.8 Å². The number of aliphatic hydroxyl groups is 2. The van der Waals surface area contributed by atoms with Crippen molar-refractivity contribution in [3.05, 3.63) is 106 Å². The minimum absolute atomic E-state index is 0.0509. The van der Waals surface area contributed by atoms with E-state index in [1.165, 1.54) is 22.3 Å². The van der Waals surface area contributed by atoms with Gasteiger partial charge in [-0.05, 0) is 99.7 Å². The van der Waals surface area contributed by atoms with Crippen LogP contribution in [0.5, 0.6) is 0 Å². The first-order valence-corrected chi connectivity index (χ1v) is 16.3. The van der Waals surface area contributed by atoms with Crippen molar-refractivity contribution >= 4 is 0 Å². The summed E-state index contributed by atoms with van der Waals surface area (Å²) in [5.41, 5.74) is 6.43. The third-order valence-electron chi connectivity index (χ3n) is 9.91. The highest BCUT2D eigenvalue weighted by Crippen LogP contribution is 2.53. The lowest BCUT2D eigenvalue weighted by atomic mass is 9.65. The largest absolute Gasteiger partial charge is 0.393 e. The first-order chi connectivity index (χ1) is 20.4. The Morgan fingerprint density at radius 1 is 0.591 bits per heavy atom. The van der Waals surface area contributed by atoms with Crippen molar-refractivity contribution in [2.75, 3.05) is 0 Å². The van der Waals surface area contributed by atoms with Crippen LogP contribution in [0.1, 0.15) is 94.9 Å². The van der Waals surface area contributed by atoms with Gasteiger partial charge in [0.05, 0.1) is 35.6 Å². The summed E-state index contributed by atoms with van der Waals surface area (Å²) < 4.78 is 12.9. The van der Waals surface area contributed by atoms with Crippen molar-refractivity contribution in [3.63, 3.8) is 0 Å². The SMILES string of the molecule is CC(/C=C/C=C(\C)[C@@H]1C=C2C(C)(C)CC(O)CC2(C)O1)=C\C=C\C=C(C)\C=C\C=C(/C)[C@H]1C=C2C(C)(C)CC(O)CC2(C)O1. The molecule has 6 atom stereocenters. The van der Waals surface area contributed by atoms with Crippen LogP contribution in [0, 0.1) is 10.8 Å². The van der Waals surface area contributed by atoms with Gasteiger partial charge in [0, 0.05) is 12.8 Å². The van der Waals surface area contributed by atoms with Gasteiger partial charge in [0.15, 0.2) is 0 Å². The number of aliphatic hydroxyl groups excluding tert-OH is 2. The van der Waals surface area contributed by atoms with Gasteiger partial charge in [-0.2, -0.15) is 0 Å². The Hall–Kier alpha value is -2.50. The minimum atomic E-state index is -0.386. The lowest BCUT2D eigenvalue weighted by molar-refractivity contribution is -0.0688. The second-order valence-electron chi connectivity index (χ2n) is 15.3. The highest BCUT2D eigenvalue weighted by molar-refractivity contribution is 5.39. The van der Waals surface area contributed by atoms with Crippen molar-refractivity contribution in [2.45, 2.75) is 131 Å². The van der Waals surface area contributed by atoms with E-state index in [1.54, 1.807) is 0 Å².